The highest BCUT2D eigenvalue weighted by Crippen LogP contribution is 2.42. The molecule has 18 heavy (non-hydrogen) atoms. The maximum atomic E-state index is 6.16. The van der Waals surface area contributed by atoms with Crippen molar-refractivity contribution < 1.29 is 18.9 Å². The van der Waals surface area contributed by atoms with E-state index in [0.717, 1.165) is 13.0 Å². The van der Waals surface area contributed by atoms with Crippen molar-refractivity contribution in [3.63, 3.8) is 0 Å². The van der Waals surface area contributed by atoms with Crippen LogP contribution in [-0.4, -0.2) is 49.3 Å². The Morgan fingerprint density at radius 1 is 1.22 bits per heavy atom. The molecule has 2 bridgehead atoms. The first-order chi connectivity index (χ1) is 8.44. The fourth-order valence-corrected chi connectivity index (χ4v) is 2.83. The summed E-state index contributed by atoms with van der Waals surface area (Å²) in [5, 5.41) is 0. The first-order valence-corrected chi connectivity index (χ1v) is 7.01. The Labute approximate surface area is 110 Å². The number of hydrogen-bond donors (Lipinski definition) is 0. The van der Waals surface area contributed by atoms with Crippen LogP contribution in [0.25, 0.3) is 0 Å². The summed E-state index contributed by atoms with van der Waals surface area (Å²) in [5.74, 6) is 0. The molecule has 0 N–H and O–H groups in total. The van der Waals surface area contributed by atoms with Crippen LogP contribution >= 0.6 is 0 Å². The van der Waals surface area contributed by atoms with Gasteiger partial charge in [0.15, 0.2) is 0 Å². The molecule has 2 rings (SSSR count). The van der Waals surface area contributed by atoms with Gasteiger partial charge in [-0.25, -0.2) is 0 Å². The normalized spacial score (nSPS) is 39.8. The second-order valence-electron chi connectivity index (χ2n) is 5.94. The fraction of sp³-hybridized carbons (Fsp3) is 1.00. The predicted molar refractivity (Wildman–Crippen MR) is 68.7 cm³/mol. The van der Waals surface area contributed by atoms with Gasteiger partial charge in [0.1, 0.15) is 17.8 Å². The van der Waals surface area contributed by atoms with Crippen LogP contribution in [0.2, 0.25) is 0 Å². The molecule has 2 aliphatic heterocycles. The highest BCUT2D eigenvalue weighted by Gasteiger charge is 2.58. The standard InChI is InChI=1S/C14H26O4/c1-9(2)16-8-14-6-7-15-12(11(5)18-14)13(14)17-10(3)4/h9-13H,6-8H2,1-5H3/t11-,12?,13+,14+/m0/s1. The van der Waals surface area contributed by atoms with Crippen molar-refractivity contribution in [1.82, 2.24) is 0 Å². The summed E-state index contributed by atoms with van der Waals surface area (Å²) in [4.78, 5) is 0. The van der Waals surface area contributed by atoms with E-state index in [4.69, 9.17) is 18.9 Å². The zero-order valence-electron chi connectivity index (χ0n) is 12.1. The molecule has 0 spiro atoms. The molecular weight excluding hydrogens is 232 g/mol. The van der Waals surface area contributed by atoms with E-state index >= 15 is 0 Å². The molecule has 2 heterocycles. The Hall–Kier alpha value is -0.160. The first-order valence-electron chi connectivity index (χ1n) is 7.01. The second-order valence-corrected chi connectivity index (χ2v) is 5.94. The van der Waals surface area contributed by atoms with Gasteiger partial charge < -0.3 is 18.9 Å². The van der Waals surface area contributed by atoms with Crippen molar-refractivity contribution >= 4 is 0 Å². The van der Waals surface area contributed by atoms with E-state index in [0.29, 0.717) is 6.61 Å². The van der Waals surface area contributed by atoms with Gasteiger partial charge in [0.05, 0.1) is 31.5 Å². The maximum absolute atomic E-state index is 6.16. The smallest absolute Gasteiger partial charge is 0.123 e. The van der Waals surface area contributed by atoms with E-state index in [2.05, 4.69) is 20.8 Å². The molecule has 1 unspecified atom stereocenters. The molecule has 0 radical (unpaired) electrons. The third-order valence-corrected chi connectivity index (χ3v) is 3.62. The monoisotopic (exact) mass is 258 g/mol. The Balaban J connectivity index is 2.12. The lowest BCUT2D eigenvalue weighted by Crippen LogP contribution is -2.54. The minimum atomic E-state index is -0.323. The maximum Gasteiger partial charge on any atom is 0.123 e. The van der Waals surface area contributed by atoms with Gasteiger partial charge in [-0.2, -0.15) is 0 Å². The highest BCUT2D eigenvalue weighted by molar-refractivity contribution is 5.05. The molecule has 0 aromatic rings. The number of hydrogen-bond acceptors (Lipinski definition) is 4. The van der Waals surface area contributed by atoms with Gasteiger partial charge in [-0.15, -0.1) is 0 Å². The van der Waals surface area contributed by atoms with Gasteiger partial charge in [-0.1, -0.05) is 0 Å². The largest absolute Gasteiger partial charge is 0.376 e. The van der Waals surface area contributed by atoms with Crippen LogP contribution in [0.15, 0.2) is 0 Å². The molecule has 4 atom stereocenters. The van der Waals surface area contributed by atoms with Gasteiger partial charge in [-0.3, -0.25) is 0 Å². The van der Waals surface area contributed by atoms with Crippen LogP contribution < -0.4 is 0 Å². The third-order valence-electron chi connectivity index (χ3n) is 3.62. The fourth-order valence-electron chi connectivity index (χ4n) is 2.83. The van der Waals surface area contributed by atoms with Crippen LogP contribution in [0.1, 0.15) is 41.0 Å². The van der Waals surface area contributed by atoms with Crippen molar-refractivity contribution in [2.24, 2.45) is 0 Å². The van der Waals surface area contributed by atoms with E-state index in [9.17, 15) is 0 Å². The van der Waals surface area contributed by atoms with Crippen molar-refractivity contribution in [2.75, 3.05) is 13.2 Å². The molecule has 4 nitrogen and oxygen atoms in total. The third kappa shape index (κ3) is 2.72. The van der Waals surface area contributed by atoms with Crippen molar-refractivity contribution in [1.29, 1.82) is 0 Å². The van der Waals surface area contributed by atoms with E-state index in [1.807, 2.05) is 13.8 Å². The minimum Gasteiger partial charge on any atom is -0.376 e. The molecule has 0 aromatic carbocycles. The molecule has 0 aliphatic carbocycles. The Kier molecular flexibility index (Phi) is 4.32. The molecule has 4 heteroatoms. The predicted octanol–water partition coefficient (Wildman–Crippen LogP) is 2.15. The number of rotatable bonds is 5. The number of fused-ring (bicyclic) bond motifs is 2. The van der Waals surface area contributed by atoms with Crippen LogP contribution in [0.5, 0.6) is 0 Å². The lowest BCUT2D eigenvalue weighted by molar-refractivity contribution is -0.186. The van der Waals surface area contributed by atoms with Gasteiger partial charge >= 0.3 is 0 Å². The molecule has 2 aliphatic rings. The summed E-state index contributed by atoms with van der Waals surface area (Å²) in [6.07, 6.45) is 1.33. The van der Waals surface area contributed by atoms with E-state index in [1.165, 1.54) is 0 Å². The molecule has 106 valence electrons. The van der Waals surface area contributed by atoms with Gasteiger partial charge in [0, 0.05) is 6.42 Å². The average Bonchev–Trinajstić information content (AvgIpc) is 2.44. The summed E-state index contributed by atoms with van der Waals surface area (Å²) in [6, 6.07) is 0. The molecule has 2 fully saturated rings. The molecule has 0 aromatic heterocycles. The van der Waals surface area contributed by atoms with E-state index in [1.54, 1.807) is 0 Å². The van der Waals surface area contributed by atoms with Crippen molar-refractivity contribution in [3.8, 4) is 0 Å². The molecule has 0 amide bonds. The molecule has 0 saturated carbocycles. The zero-order valence-corrected chi connectivity index (χ0v) is 12.1. The summed E-state index contributed by atoms with van der Waals surface area (Å²) >= 11 is 0. The van der Waals surface area contributed by atoms with Crippen molar-refractivity contribution in [2.45, 2.75) is 77.2 Å². The Bertz CT molecular complexity index is 279. The first kappa shape index (κ1) is 14.3. The molecular formula is C14H26O4. The average molecular weight is 258 g/mol. The summed E-state index contributed by atoms with van der Waals surface area (Å²) in [5.41, 5.74) is -0.323. The number of ether oxygens (including phenoxy) is 4. The lowest BCUT2D eigenvalue weighted by Gasteiger charge is -2.39. The van der Waals surface area contributed by atoms with Gasteiger partial charge in [0.2, 0.25) is 0 Å². The van der Waals surface area contributed by atoms with Gasteiger partial charge in [0.25, 0.3) is 0 Å². The lowest BCUT2D eigenvalue weighted by atomic mass is 9.89. The Morgan fingerprint density at radius 2 is 1.94 bits per heavy atom. The van der Waals surface area contributed by atoms with Crippen LogP contribution in [0.3, 0.4) is 0 Å². The van der Waals surface area contributed by atoms with E-state index in [-0.39, 0.29) is 36.1 Å². The van der Waals surface area contributed by atoms with E-state index < -0.39 is 0 Å². The summed E-state index contributed by atoms with van der Waals surface area (Å²) in [6.45, 7) is 11.6. The van der Waals surface area contributed by atoms with Gasteiger partial charge in [-0.05, 0) is 34.6 Å². The second kappa shape index (κ2) is 5.45. The zero-order chi connectivity index (χ0) is 13.3. The topological polar surface area (TPSA) is 36.9 Å². The van der Waals surface area contributed by atoms with Crippen LogP contribution in [-0.2, 0) is 18.9 Å². The Morgan fingerprint density at radius 3 is 2.56 bits per heavy atom. The van der Waals surface area contributed by atoms with Crippen LogP contribution in [0, 0.1) is 0 Å². The minimum absolute atomic E-state index is 0.0139. The van der Waals surface area contributed by atoms with Crippen molar-refractivity contribution in [3.05, 3.63) is 0 Å². The van der Waals surface area contributed by atoms with Crippen LogP contribution in [0.4, 0.5) is 0 Å². The SMILES string of the molecule is CC(C)OC[C@@]12CCOC([C@H](C)O1)[C@H]2OC(C)C. The quantitative estimate of drug-likeness (QED) is 0.757. The highest BCUT2D eigenvalue weighted by atomic mass is 16.6. The molecule has 2 saturated heterocycles. The summed E-state index contributed by atoms with van der Waals surface area (Å²) < 4.78 is 23.8. The summed E-state index contributed by atoms with van der Waals surface area (Å²) in [7, 11) is 0.